The van der Waals surface area contributed by atoms with Crippen LogP contribution in [0.25, 0.3) is 0 Å². The van der Waals surface area contributed by atoms with Crippen molar-refractivity contribution in [3.8, 4) is 0 Å². The Hall–Kier alpha value is 0.134. The first-order chi connectivity index (χ1) is 6.68. The lowest BCUT2D eigenvalue weighted by atomic mass is 10.2. The van der Waals surface area contributed by atoms with Gasteiger partial charge in [0.15, 0.2) is 0 Å². The molecule has 1 heterocycles. The van der Waals surface area contributed by atoms with Gasteiger partial charge in [0.05, 0.1) is 28.9 Å². The normalized spacial score (nSPS) is 24.5. The second-order valence-electron chi connectivity index (χ2n) is 6.89. The Kier molecular flexibility index (Phi) is 4.01. The summed E-state index contributed by atoms with van der Waals surface area (Å²) in [6.07, 6.45) is 4.35. The van der Waals surface area contributed by atoms with E-state index in [1.165, 1.54) is 6.42 Å². The molecule has 1 nitrogen and oxygen atoms in total. The third kappa shape index (κ3) is 5.68. The van der Waals surface area contributed by atoms with Crippen molar-refractivity contribution in [3.05, 3.63) is 11.8 Å². The summed E-state index contributed by atoms with van der Waals surface area (Å²) >= 11 is 0. The molecule has 3 heteroatoms. The predicted molar refractivity (Wildman–Crippen MR) is 73.9 cm³/mol. The van der Waals surface area contributed by atoms with Gasteiger partial charge in [0.25, 0.3) is 0 Å². The molecular weight excluding hydrogens is 216 g/mol. The summed E-state index contributed by atoms with van der Waals surface area (Å²) < 4.78 is 5.37. The lowest BCUT2D eigenvalue weighted by molar-refractivity contribution is 0.397. The average Bonchev–Trinajstić information content (AvgIpc) is 2.76. The van der Waals surface area contributed by atoms with Crippen LogP contribution in [-0.4, -0.2) is 28.9 Å². The van der Waals surface area contributed by atoms with E-state index in [-0.39, 0.29) is 0 Å². The minimum absolute atomic E-state index is 0.577. The fourth-order valence-electron chi connectivity index (χ4n) is 1.61. The zero-order chi connectivity index (χ0) is 11.7. The molecule has 1 aliphatic rings. The van der Waals surface area contributed by atoms with Crippen molar-refractivity contribution in [2.45, 2.75) is 57.3 Å². The summed E-state index contributed by atoms with van der Waals surface area (Å²) in [5.74, 6) is 0. The standard InChI is InChI=1S/C12H26OSi2/c1-14(2,3)8-7-12(15(4,5)6)9-11-10-13-11/h7-8,11-12H,9-10H2,1-6H3/b8-7+. The van der Waals surface area contributed by atoms with Crippen molar-refractivity contribution in [2.75, 3.05) is 6.61 Å². The monoisotopic (exact) mass is 242 g/mol. The van der Waals surface area contributed by atoms with Gasteiger partial charge in [0, 0.05) is 0 Å². The van der Waals surface area contributed by atoms with Gasteiger partial charge in [0.2, 0.25) is 0 Å². The molecule has 0 bridgehead atoms. The van der Waals surface area contributed by atoms with E-state index in [4.69, 9.17) is 4.74 Å². The van der Waals surface area contributed by atoms with Crippen LogP contribution in [-0.2, 0) is 4.74 Å². The van der Waals surface area contributed by atoms with Gasteiger partial charge in [-0.3, -0.25) is 0 Å². The lowest BCUT2D eigenvalue weighted by Gasteiger charge is -2.26. The molecule has 2 atom stereocenters. The van der Waals surface area contributed by atoms with Crippen LogP contribution in [0.1, 0.15) is 6.42 Å². The molecule has 0 N–H and O–H groups in total. The Bertz CT molecular complexity index is 231. The Balaban J connectivity index is 2.59. The van der Waals surface area contributed by atoms with Gasteiger partial charge >= 0.3 is 0 Å². The van der Waals surface area contributed by atoms with Crippen molar-refractivity contribution < 1.29 is 4.74 Å². The fourth-order valence-corrected chi connectivity index (χ4v) is 4.26. The second kappa shape index (κ2) is 4.56. The number of ether oxygens (including phenoxy) is 1. The highest BCUT2D eigenvalue weighted by atomic mass is 28.3. The van der Waals surface area contributed by atoms with Gasteiger partial charge in [-0.15, -0.1) is 0 Å². The second-order valence-corrected chi connectivity index (χ2v) is 17.4. The van der Waals surface area contributed by atoms with Crippen molar-refractivity contribution >= 4 is 16.1 Å². The van der Waals surface area contributed by atoms with E-state index in [9.17, 15) is 0 Å². The molecule has 1 aliphatic heterocycles. The largest absolute Gasteiger partial charge is 0.373 e. The van der Waals surface area contributed by atoms with Crippen LogP contribution in [0.3, 0.4) is 0 Å². The van der Waals surface area contributed by atoms with E-state index in [0.29, 0.717) is 6.10 Å². The smallest absolute Gasteiger partial charge is 0.0812 e. The van der Waals surface area contributed by atoms with Crippen LogP contribution in [0.2, 0.25) is 44.8 Å². The van der Waals surface area contributed by atoms with Crippen molar-refractivity contribution in [1.82, 2.24) is 0 Å². The number of allylic oxidation sites excluding steroid dienone is 1. The first kappa shape index (κ1) is 13.2. The maximum atomic E-state index is 5.37. The van der Waals surface area contributed by atoms with Gasteiger partial charge in [-0.2, -0.15) is 0 Å². The Morgan fingerprint density at radius 1 is 1.20 bits per heavy atom. The Morgan fingerprint density at radius 2 is 1.73 bits per heavy atom. The van der Waals surface area contributed by atoms with Crippen molar-refractivity contribution in [1.29, 1.82) is 0 Å². The molecule has 0 aromatic rings. The minimum Gasteiger partial charge on any atom is -0.373 e. The molecule has 0 aromatic carbocycles. The maximum absolute atomic E-state index is 5.37. The number of hydrogen-bond donors (Lipinski definition) is 0. The molecule has 1 fully saturated rings. The SMILES string of the molecule is C[Si](C)(C)/C=C/C(CC1CO1)[Si](C)(C)C. The van der Waals surface area contributed by atoms with Crippen molar-refractivity contribution in [3.63, 3.8) is 0 Å². The quantitative estimate of drug-likeness (QED) is 0.526. The summed E-state index contributed by atoms with van der Waals surface area (Å²) in [5, 5.41) is 0. The predicted octanol–water partition coefficient (Wildman–Crippen LogP) is 3.92. The van der Waals surface area contributed by atoms with E-state index in [1.54, 1.807) is 0 Å². The number of hydrogen-bond acceptors (Lipinski definition) is 1. The Morgan fingerprint density at radius 3 is 2.07 bits per heavy atom. The summed E-state index contributed by atoms with van der Waals surface area (Å²) in [6.45, 7) is 15.6. The van der Waals surface area contributed by atoms with Gasteiger partial charge in [0.1, 0.15) is 0 Å². The van der Waals surface area contributed by atoms with Crippen LogP contribution in [0.5, 0.6) is 0 Å². The number of epoxide rings is 1. The molecular formula is C12H26OSi2. The highest BCUT2D eigenvalue weighted by Gasteiger charge is 2.32. The highest BCUT2D eigenvalue weighted by molar-refractivity contribution is 6.81. The molecule has 1 rings (SSSR count). The van der Waals surface area contributed by atoms with E-state index in [1.807, 2.05) is 0 Å². The maximum Gasteiger partial charge on any atom is 0.0812 e. The third-order valence-corrected chi connectivity index (χ3v) is 6.71. The molecule has 0 radical (unpaired) electrons. The molecule has 1 saturated heterocycles. The van der Waals surface area contributed by atoms with Crippen LogP contribution >= 0.6 is 0 Å². The molecule has 0 amide bonds. The third-order valence-electron chi connectivity index (χ3n) is 2.86. The van der Waals surface area contributed by atoms with Gasteiger partial charge in [-0.25, -0.2) is 0 Å². The molecule has 0 aliphatic carbocycles. The molecule has 0 aromatic heterocycles. The van der Waals surface area contributed by atoms with E-state index in [0.717, 1.165) is 12.1 Å². The lowest BCUT2D eigenvalue weighted by Crippen LogP contribution is -2.29. The van der Waals surface area contributed by atoms with Gasteiger partial charge in [-0.05, 0) is 12.0 Å². The zero-order valence-electron chi connectivity index (χ0n) is 11.1. The summed E-state index contributed by atoms with van der Waals surface area (Å²) in [5.41, 5.74) is 3.31. The summed E-state index contributed by atoms with van der Waals surface area (Å²) in [6, 6.07) is 0. The van der Waals surface area contributed by atoms with Crippen LogP contribution < -0.4 is 0 Å². The average molecular weight is 243 g/mol. The molecule has 0 saturated carbocycles. The topological polar surface area (TPSA) is 12.5 Å². The molecule has 2 unspecified atom stereocenters. The first-order valence-corrected chi connectivity index (χ1v) is 13.1. The molecule has 88 valence electrons. The Labute approximate surface area is 96.9 Å². The zero-order valence-corrected chi connectivity index (χ0v) is 13.1. The van der Waals surface area contributed by atoms with Crippen LogP contribution in [0.4, 0.5) is 0 Å². The van der Waals surface area contributed by atoms with Crippen LogP contribution in [0, 0.1) is 0 Å². The van der Waals surface area contributed by atoms with Gasteiger partial charge in [-0.1, -0.05) is 51.1 Å². The highest BCUT2D eigenvalue weighted by Crippen LogP contribution is 2.33. The van der Waals surface area contributed by atoms with E-state index < -0.39 is 16.1 Å². The van der Waals surface area contributed by atoms with Crippen molar-refractivity contribution in [2.24, 2.45) is 0 Å². The summed E-state index contributed by atoms with van der Waals surface area (Å²) in [4.78, 5) is 0. The van der Waals surface area contributed by atoms with E-state index in [2.05, 4.69) is 51.1 Å². The van der Waals surface area contributed by atoms with E-state index >= 15 is 0 Å². The van der Waals surface area contributed by atoms with Crippen LogP contribution in [0.15, 0.2) is 11.8 Å². The fraction of sp³-hybridized carbons (Fsp3) is 0.833. The van der Waals surface area contributed by atoms with Gasteiger partial charge < -0.3 is 4.74 Å². The summed E-state index contributed by atoms with van der Waals surface area (Å²) in [7, 11) is -2.08. The minimum atomic E-state index is -1.05. The molecule has 0 spiro atoms. The first-order valence-electron chi connectivity index (χ1n) is 5.99. The number of rotatable bonds is 5. The molecule has 15 heavy (non-hydrogen) atoms.